The van der Waals surface area contributed by atoms with Crippen LogP contribution in [-0.2, 0) is 21.1 Å². The number of thioether (sulfide) groups is 1. The van der Waals surface area contributed by atoms with Gasteiger partial charge in [-0.3, -0.25) is 4.79 Å². The molecule has 0 bridgehead atoms. The first-order valence-electron chi connectivity index (χ1n) is 9.62. The van der Waals surface area contributed by atoms with E-state index in [4.69, 9.17) is 0 Å². The fourth-order valence-electron chi connectivity index (χ4n) is 4.10. The van der Waals surface area contributed by atoms with E-state index >= 15 is 0 Å². The molecule has 5 nitrogen and oxygen atoms in total. The average Bonchev–Trinajstić information content (AvgIpc) is 3.04. The van der Waals surface area contributed by atoms with Crippen LogP contribution >= 0.6 is 11.8 Å². The number of hydrogen-bond acceptors (Lipinski definition) is 4. The number of fused-ring (bicyclic) bond motifs is 1. The lowest BCUT2D eigenvalue weighted by atomic mass is 10.1. The molecular weight excluding hydrogens is 404 g/mol. The third kappa shape index (κ3) is 4.41. The zero-order chi connectivity index (χ0) is 20.8. The standard InChI is InChI=1S/C22H24N2O3S2/c1-14-5-4-6-17(8-14)11-21(25)23-22-24(18-9-15(2)7-16(3)10-18)19-12-29(26,27)13-20(19)28-22/h4-10,19-20H,11-13H2,1-3H3/t19-,20+/m1/s1. The second kappa shape index (κ2) is 7.61. The van der Waals surface area contributed by atoms with Crippen molar-refractivity contribution in [2.24, 2.45) is 4.99 Å². The van der Waals surface area contributed by atoms with Gasteiger partial charge in [0.25, 0.3) is 5.91 Å². The van der Waals surface area contributed by atoms with Gasteiger partial charge in [-0.1, -0.05) is 47.7 Å². The minimum Gasteiger partial charge on any atom is -0.316 e. The fraction of sp³-hybridized carbons (Fsp3) is 0.364. The molecule has 0 aromatic heterocycles. The highest BCUT2D eigenvalue weighted by atomic mass is 32.2. The molecule has 2 aromatic rings. The maximum atomic E-state index is 12.7. The van der Waals surface area contributed by atoms with Crippen molar-refractivity contribution in [2.75, 3.05) is 16.4 Å². The lowest BCUT2D eigenvalue weighted by Crippen LogP contribution is -2.37. The summed E-state index contributed by atoms with van der Waals surface area (Å²) in [6, 6.07) is 13.8. The predicted octanol–water partition coefficient (Wildman–Crippen LogP) is 3.46. The monoisotopic (exact) mass is 428 g/mol. The van der Waals surface area contributed by atoms with E-state index in [0.29, 0.717) is 5.17 Å². The van der Waals surface area contributed by atoms with Gasteiger partial charge in [-0.25, -0.2) is 8.42 Å². The fourth-order valence-corrected chi connectivity index (χ4v) is 8.03. The molecule has 2 fully saturated rings. The Morgan fingerprint density at radius 1 is 1.07 bits per heavy atom. The molecule has 4 rings (SSSR count). The number of amidine groups is 1. The highest BCUT2D eigenvalue weighted by Gasteiger charge is 2.49. The van der Waals surface area contributed by atoms with Gasteiger partial charge in [-0.2, -0.15) is 4.99 Å². The van der Waals surface area contributed by atoms with Crippen molar-refractivity contribution in [3.8, 4) is 0 Å². The van der Waals surface area contributed by atoms with Gasteiger partial charge >= 0.3 is 0 Å². The molecule has 2 atom stereocenters. The average molecular weight is 429 g/mol. The van der Waals surface area contributed by atoms with Crippen molar-refractivity contribution in [3.05, 3.63) is 64.7 Å². The Hall–Kier alpha value is -2.12. The van der Waals surface area contributed by atoms with Gasteiger partial charge in [0.1, 0.15) is 0 Å². The van der Waals surface area contributed by atoms with Crippen molar-refractivity contribution in [1.29, 1.82) is 0 Å². The van der Waals surface area contributed by atoms with Crippen LogP contribution in [0.5, 0.6) is 0 Å². The minimum atomic E-state index is -3.07. The number of sulfone groups is 1. The smallest absolute Gasteiger partial charge is 0.252 e. The van der Waals surface area contributed by atoms with Crippen LogP contribution in [0.3, 0.4) is 0 Å². The van der Waals surface area contributed by atoms with Crippen molar-refractivity contribution in [3.63, 3.8) is 0 Å². The quantitative estimate of drug-likeness (QED) is 0.749. The van der Waals surface area contributed by atoms with E-state index in [2.05, 4.69) is 11.1 Å². The van der Waals surface area contributed by atoms with Crippen LogP contribution in [0.1, 0.15) is 22.3 Å². The van der Waals surface area contributed by atoms with Crippen LogP contribution in [0, 0.1) is 20.8 Å². The van der Waals surface area contributed by atoms with E-state index in [0.717, 1.165) is 27.9 Å². The molecule has 0 aliphatic carbocycles. The number of amides is 1. The molecule has 2 saturated heterocycles. The SMILES string of the molecule is Cc1cccc(CC(=O)N=C2S[C@H]3CS(=O)(=O)C[C@H]3N2c2cc(C)cc(C)c2)c1. The Morgan fingerprint density at radius 3 is 2.48 bits per heavy atom. The molecule has 0 radical (unpaired) electrons. The summed E-state index contributed by atoms with van der Waals surface area (Å²) in [5.41, 5.74) is 5.14. The van der Waals surface area contributed by atoms with Gasteiger partial charge in [-0.15, -0.1) is 0 Å². The maximum Gasteiger partial charge on any atom is 0.252 e. The number of carbonyl (C=O) groups excluding carboxylic acids is 1. The molecule has 7 heteroatoms. The zero-order valence-electron chi connectivity index (χ0n) is 16.8. The van der Waals surface area contributed by atoms with Gasteiger partial charge in [0.15, 0.2) is 15.0 Å². The molecule has 0 spiro atoms. The van der Waals surface area contributed by atoms with E-state index < -0.39 is 9.84 Å². The van der Waals surface area contributed by atoms with E-state index in [1.807, 2.05) is 62.1 Å². The molecule has 152 valence electrons. The number of nitrogens with zero attached hydrogens (tertiary/aromatic N) is 2. The van der Waals surface area contributed by atoms with E-state index in [-0.39, 0.29) is 35.1 Å². The molecule has 0 unspecified atom stereocenters. The lowest BCUT2D eigenvalue weighted by Gasteiger charge is -2.25. The molecule has 29 heavy (non-hydrogen) atoms. The normalized spacial score (nSPS) is 24.1. The van der Waals surface area contributed by atoms with Crippen molar-refractivity contribution in [2.45, 2.75) is 38.5 Å². The molecule has 2 aromatic carbocycles. The van der Waals surface area contributed by atoms with Crippen molar-refractivity contribution < 1.29 is 13.2 Å². The van der Waals surface area contributed by atoms with E-state index in [1.54, 1.807) is 0 Å². The number of anilines is 1. The largest absolute Gasteiger partial charge is 0.316 e. The summed E-state index contributed by atoms with van der Waals surface area (Å²) < 4.78 is 24.4. The summed E-state index contributed by atoms with van der Waals surface area (Å²) in [6.07, 6.45) is 0.236. The Labute approximate surface area is 176 Å². The molecular formula is C22H24N2O3S2. The van der Waals surface area contributed by atoms with Gasteiger partial charge in [0.2, 0.25) is 0 Å². The summed E-state index contributed by atoms with van der Waals surface area (Å²) in [4.78, 5) is 19.1. The number of rotatable bonds is 3. The lowest BCUT2D eigenvalue weighted by molar-refractivity contribution is -0.117. The van der Waals surface area contributed by atoms with Crippen molar-refractivity contribution in [1.82, 2.24) is 0 Å². The van der Waals surface area contributed by atoms with Crippen LogP contribution in [0.4, 0.5) is 5.69 Å². The third-order valence-electron chi connectivity index (χ3n) is 5.21. The van der Waals surface area contributed by atoms with Crippen LogP contribution in [0.2, 0.25) is 0 Å². The third-order valence-corrected chi connectivity index (χ3v) is 8.42. The van der Waals surface area contributed by atoms with Crippen LogP contribution in [-0.4, -0.2) is 42.3 Å². The predicted molar refractivity (Wildman–Crippen MR) is 120 cm³/mol. The molecule has 2 aliphatic rings. The first kappa shape index (κ1) is 20.2. The second-order valence-corrected chi connectivity index (χ2v) is 11.3. The molecule has 0 saturated carbocycles. The molecule has 0 N–H and O–H groups in total. The minimum absolute atomic E-state index is 0.0914. The summed E-state index contributed by atoms with van der Waals surface area (Å²) in [6.45, 7) is 6.03. The number of aliphatic imine (C=N–C) groups is 1. The van der Waals surface area contributed by atoms with E-state index in [1.165, 1.54) is 11.8 Å². The Morgan fingerprint density at radius 2 is 1.79 bits per heavy atom. The van der Waals surface area contributed by atoms with Gasteiger partial charge in [0, 0.05) is 10.9 Å². The van der Waals surface area contributed by atoms with E-state index in [9.17, 15) is 13.2 Å². The van der Waals surface area contributed by atoms with Gasteiger partial charge < -0.3 is 4.90 Å². The Kier molecular flexibility index (Phi) is 5.29. The first-order valence-corrected chi connectivity index (χ1v) is 12.3. The number of aryl methyl sites for hydroxylation is 3. The molecule has 1 amide bonds. The van der Waals surface area contributed by atoms with Crippen molar-refractivity contribution >= 4 is 38.4 Å². The van der Waals surface area contributed by atoms with Gasteiger partial charge in [-0.05, 0) is 49.6 Å². The Bertz CT molecular complexity index is 1090. The molecule has 2 heterocycles. The molecule has 2 aliphatic heterocycles. The number of benzene rings is 2. The highest BCUT2D eigenvalue weighted by molar-refractivity contribution is 8.16. The van der Waals surface area contributed by atoms with Crippen LogP contribution in [0.15, 0.2) is 47.5 Å². The van der Waals surface area contributed by atoms with Gasteiger partial charge in [0.05, 0.1) is 24.0 Å². The topological polar surface area (TPSA) is 66.8 Å². The highest BCUT2D eigenvalue weighted by Crippen LogP contribution is 2.41. The summed E-state index contributed by atoms with van der Waals surface area (Å²) >= 11 is 1.42. The summed E-state index contributed by atoms with van der Waals surface area (Å²) in [7, 11) is -3.07. The van der Waals surface area contributed by atoms with Crippen LogP contribution < -0.4 is 4.90 Å². The maximum absolute atomic E-state index is 12.7. The number of hydrogen-bond donors (Lipinski definition) is 0. The first-order chi connectivity index (χ1) is 13.7. The zero-order valence-corrected chi connectivity index (χ0v) is 18.4. The van der Waals surface area contributed by atoms with Crippen LogP contribution in [0.25, 0.3) is 0 Å². The second-order valence-electron chi connectivity index (χ2n) is 7.97. The summed E-state index contributed by atoms with van der Waals surface area (Å²) in [5.74, 6) is 0.0209. The number of carbonyl (C=O) groups is 1. The summed E-state index contributed by atoms with van der Waals surface area (Å²) in [5, 5.41) is 0.517. The Balaban J connectivity index is 1.67.